The van der Waals surface area contributed by atoms with Crippen LogP contribution < -0.4 is 15.8 Å². The van der Waals surface area contributed by atoms with Crippen molar-refractivity contribution in [1.29, 1.82) is 5.26 Å². The number of hydrogen-bond acceptors (Lipinski definition) is 8. The maximum atomic E-state index is 12.1. The highest BCUT2D eigenvalue weighted by atomic mass is 16.6. The lowest BCUT2D eigenvalue weighted by Crippen LogP contribution is -2.42. The molecular formula is C19H21N5O4. The van der Waals surface area contributed by atoms with E-state index < -0.39 is 10.8 Å². The molecule has 9 heteroatoms. The topological polar surface area (TPSA) is 138 Å². The molecule has 1 aromatic carbocycles. The Bertz CT molecular complexity index is 948. The molecule has 0 spiro atoms. The van der Waals surface area contributed by atoms with E-state index in [0.717, 1.165) is 25.7 Å². The summed E-state index contributed by atoms with van der Waals surface area (Å²) in [5, 5.41) is 35.8. The van der Waals surface area contributed by atoms with Crippen LogP contribution in [0.2, 0.25) is 0 Å². The molecule has 0 bridgehead atoms. The summed E-state index contributed by atoms with van der Waals surface area (Å²) in [5.41, 5.74) is 6.47. The molecule has 9 nitrogen and oxygen atoms in total. The first-order chi connectivity index (χ1) is 13.5. The highest BCUT2D eigenvalue weighted by molar-refractivity contribution is 5.57. The average Bonchev–Trinajstić information content (AvgIpc) is 3.07. The van der Waals surface area contributed by atoms with Crippen LogP contribution >= 0.6 is 0 Å². The van der Waals surface area contributed by atoms with E-state index in [-0.39, 0.29) is 46.2 Å². The highest BCUT2D eigenvalue weighted by Gasteiger charge is 2.51. The van der Waals surface area contributed by atoms with Gasteiger partial charge in [0.15, 0.2) is 17.3 Å². The van der Waals surface area contributed by atoms with Crippen LogP contribution in [-0.2, 0) is 0 Å². The molecule has 3 unspecified atom stereocenters. The molecular weight excluding hydrogens is 362 g/mol. The lowest BCUT2D eigenvalue weighted by Gasteiger charge is -2.34. The predicted molar refractivity (Wildman–Crippen MR) is 99.3 cm³/mol. The number of rotatable bonds is 3. The monoisotopic (exact) mass is 383 g/mol. The third-order valence-electron chi connectivity index (χ3n) is 5.84. The summed E-state index contributed by atoms with van der Waals surface area (Å²) in [7, 11) is 1.40. The molecule has 2 aliphatic heterocycles. The van der Waals surface area contributed by atoms with Gasteiger partial charge in [0.2, 0.25) is 0 Å². The first-order valence-electron chi connectivity index (χ1n) is 9.19. The number of phenolic OH excluding ortho intramolecular Hbond substituents is 1. The Morgan fingerprint density at radius 3 is 2.86 bits per heavy atom. The van der Waals surface area contributed by atoms with Crippen LogP contribution in [0.3, 0.4) is 0 Å². The molecule has 2 heterocycles. The normalized spacial score (nSPS) is 26.3. The summed E-state index contributed by atoms with van der Waals surface area (Å²) in [4.78, 5) is 13.3. The Kier molecular flexibility index (Phi) is 4.26. The number of methoxy groups -OCH3 is 1. The number of hydrogen-bond donors (Lipinski definition) is 3. The molecule has 1 saturated carbocycles. The molecule has 146 valence electrons. The van der Waals surface area contributed by atoms with Gasteiger partial charge >= 0.3 is 0 Å². The van der Waals surface area contributed by atoms with Crippen molar-refractivity contribution < 1.29 is 14.8 Å². The Balaban J connectivity index is 1.95. The summed E-state index contributed by atoms with van der Waals surface area (Å²) in [5.74, 6) is -0.618. The van der Waals surface area contributed by atoms with Crippen LogP contribution in [-0.4, -0.2) is 34.1 Å². The van der Waals surface area contributed by atoms with E-state index in [2.05, 4.69) is 11.4 Å². The van der Waals surface area contributed by atoms with Crippen LogP contribution in [0.5, 0.6) is 11.5 Å². The van der Waals surface area contributed by atoms with E-state index in [0.29, 0.717) is 5.82 Å². The molecule has 1 aliphatic carbocycles. The minimum absolute atomic E-state index is 0.0121. The number of nitriles is 1. The van der Waals surface area contributed by atoms with Crippen molar-refractivity contribution in [1.82, 2.24) is 10.2 Å². The molecule has 3 aliphatic rings. The van der Waals surface area contributed by atoms with Gasteiger partial charge in [0, 0.05) is 11.6 Å². The minimum Gasteiger partial charge on any atom is -0.504 e. The summed E-state index contributed by atoms with van der Waals surface area (Å²) in [6.45, 7) is 0. The largest absolute Gasteiger partial charge is 0.504 e. The zero-order valence-electron chi connectivity index (χ0n) is 15.4. The smallest absolute Gasteiger partial charge is 0.299 e. The number of nitrogens with two attached hydrogens (primary N) is 1. The number of aromatic hydroxyl groups is 1. The number of nitro groups is 1. The van der Waals surface area contributed by atoms with E-state index >= 15 is 0 Å². The first kappa shape index (κ1) is 18.0. The number of nitrogens with one attached hydrogen (secondary N) is 1. The quantitative estimate of drug-likeness (QED) is 0.531. The highest BCUT2D eigenvalue weighted by Crippen LogP contribution is 2.48. The van der Waals surface area contributed by atoms with Gasteiger partial charge in [0.25, 0.3) is 5.70 Å². The molecule has 3 atom stereocenters. The number of fused-ring (bicyclic) bond motifs is 3. The Labute approximate surface area is 161 Å². The second-order valence-corrected chi connectivity index (χ2v) is 7.21. The molecule has 0 radical (unpaired) electrons. The molecule has 4 rings (SSSR count). The van der Waals surface area contributed by atoms with Crippen molar-refractivity contribution >= 4 is 0 Å². The molecule has 1 saturated heterocycles. The third kappa shape index (κ3) is 2.45. The van der Waals surface area contributed by atoms with Gasteiger partial charge in [-0.05, 0) is 18.9 Å². The molecule has 4 N–H and O–H groups in total. The lowest BCUT2D eigenvalue weighted by atomic mass is 9.85. The fourth-order valence-electron chi connectivity index (χ4n) is 4.60. The zero-order chi connectivity index (χ0) is 20.0. The summed E-state index contributed by atoms with van der Waals surface area (Å²) in [6, 6.07) is 6.81. The summed E-state index contributed by atoms with van der Waals surface area (Å²) < 4.78 is 5.14. The average molecular weight is 383 g/mol. The van der Waals surface area contributed by atoms with E-state index in [9.17, 15) is 20.5 Å². The maximum absolute atomic E-state index is 12.1. The van der Waals surface area contributed by atoms with Crippen molar-refractivity contribution in [2.45, 2.75) is 43.7 Å². The van der Waals surface area contributed by atoms with Gasteiger partial charge in [-0.3, -0.25) is 10.1 Å². The van der Waals surface area contributed by atoms with Crippen LogP contribution in [0.4, 0.5) is 0 Å². The van der Waals surface area contributed by atoms with E-state index in [1.54, 1.807) is 23.1 Å². The minimum atomic E-state index is -1.09. The van der Waals surface area contributed by atoms with Gasteiger partial charge in [0.05, 0.1) is 29.7 Å². The van der Waals surface area contributed by atoms with Crippen LogP contribution in [0.1, 0.15) is 37.2 Å². The van der Waals surface area contributed by atoms with E-state index in [1.807, 2.05) is 0 Å². The number of phenols is 1. The molecule has 28 heavy (non-hydrogen) atoms. The van der Waals surface area contributed by atoms with Gasteiger partial charge < -0.3 is 25.8 Å². The SMILES string of the molecule is COc1cccc(C2C(C#N)=C(N)N3C(=C2[N+](=O)[O-])NC2CCCCC23)c1O. The lowest BCUT2D eigenvalue weighted by molar-refractivity contribution is -0.432. The van der Waals surface area contributed by atoms with Crippen LogP contribution in [0.15, 0.2) is 41.1 Å². The maximum Gasteiger partial charge on any atom is 0.299 e. The standard InChI is InChI=1S/C19H21N5O4/c1-28-14-8-4-5-10(17(14)25)15-11(9-20)18(21)23-13-7-3-2-6-12(13)22-19(23)16(15)24(26)27/h4-5,8,12-13,15,22,25H,2-3,6-7,21H2,1H3. The van der Waals surface area contributed by atoms with Crippen molar-refractivity contribution in [2.24, 2.45) is 5.73 Å². The first-order valence-corrected chi connectivity index (χ1v) is 9.19. The fraction of sp³-hybridized carbons (Fsp3) is 0.421. The number of ether oxygens (including phenoxy) is 1. The predicted octanol–water partition coefficient (Wildman–Crippen LogP) is 1.85. The number of benzene rings is 1. The van der Waals surface area contributed by atoms with Crippen molar-refractivity contribution in [3.05, 3.63) is 56.8 Å². The second-order valence-electron chi connectivity index (χ2n) is 7.21. The van der Waals surface area contributed by atoms with E-state index in [1.165, 1.54) is 7.11 Å². The molecule has 2 fully saturated rings. The molecule has 1 aromatic rings. The third-order valence-corrected chi connectivity index (χ3v) is 5.84. The van der Waals surface area contributed by atoms with Crippen LogP contribution in [0.25, 0.3) is 0 Å². The van der Waals surface area contributed by atoms with Crippen LogP contribution in [0, 0.1) is 21.4 Å². The number of para-hydroxylation sites is 1. The van der Waals surface area contributed by atoms with Gasteiger partial charge in [-0.2, -0.15) is 5.26 Å². The van der Waals surface area contributed by atoms with Crippen molar-refractivity contribution in [3.8, 4) is 17.6 Å². The van der Waals surface area contributed by atoms with Gasteiger partial charge in [0.1, 0.15) is 11.7 Å². The Hall–Kier alpha value is -3.41. The molecule has 0 amide bonds. The Morgan fingerprint density at radius 2 is 2.18 bits per heavy atom. The summed E-state index contributed by atoms with van der Waals surface area (Å²) in [6.07, 6.45) is 3.79. The van der Waals surface area contributed by atoms with Crippen molar-refractivity contribution in [3.63, 3.8) is 0 Å². The summed E-state index contributed by atoms with van der Waals surface area (Å²) >= 11 is 0. The number of allylic oxidation sites excluding steroid dienone is 1. The zero-order valence-corrected chi connectivity index (χ0v) is 15.4. The second kappa shape index (κ2) is 6.64. The van der Waals surface area contributed by atoms with Gasteiger partial charge in [-0.25, -0.2) is 0 Å². The van der Waals surface area contributed by atoms with E-state index in [4.69, 9.17) is 10.5 Å². The molecule has 0 aromatic heterocycles. The fourth-order valence-corrected chi connectivity index (χ4v) is 4.60. The number of nitrogens with zero attached hydrogens (tertiary/aromatic N) is 3. The van der Waals surface area contributed by atoms with Crippen molar-refractivity contribution in [2.75, 3.05) is 7.11 Å². The Morgan fingerprint density at radius 1 is 1.43 bits per heavy atom. The van der Waals surface area contributed by atoms with Gasteiger partial charge in [-0.1, -0.05) is 25.0 Å². The van der Waals surface area contributed by atoms with Gasteiger partial charge in [-0.15, -0.1) is 0 Å².